The molecule has 1 atom stereocenters. The number of amides is 1. The van der Waals surface area contributed by atoms with Crippen LogP contribution in [0.25, 0.3) is 0 Å². The zero-order valence-corrected chi connectivity index (χ0v) is 17.0. The van der Waals surface area contributed by atoms with Crippen molar-refractivity contribution in [1.82, 2.24) is 9.29 Å². The van der Waals surface area contributed by atoms with Crippen LogP contribution in [0.2, 0.25) is 0 Å². The molecular formula is C14H17N3O5S4. The van der Waals surface area contributed by atoms with Gasteiger partial charge in [-0.25, -0.2) is 21.8 Å². The molecule has 0 bridgehead atoms. The molecule has 142 valence electrons. The van der Waals surface area contributed by atoms with Gasteiger partial charge in [0.2, 0.25) is 5.91 Å². The predicted octanol–water partition coefficient (Wildman–Crippen LogP) is 1.71. The number of rotatable bonds is 4. The second kappa shape index (κ2) is 7.35. The van der Waals surface area contributed by atoms with E-state index in [1.807, 2.05) is 5.38 Å². The molecule has 0 unspecified atom stereocenters. The summed E-state index contributed by atoms with van der Waals surface area (Å²) in [6.45, 7) is 1.32. The summed E-state index contributed by atoms with van der Waals surface area (Å²) in [5.41, 5.74) is 0. The molecule has 1 aliphatic rings. The molecule has 1 fully saturated rings. The van der Waals surface area contributed by atoms with Gasteiger partial charge in [-0.15, -0.1) is 11.3 Å². The van der Waals surface area contributed by atoms with Crippen LogP contribution in [0.1, 0.15) is 23.5 Å². The monoisotopic (exact) mass is 435 g/mol. The van der Waals surface area contributed by atoms with Crippen molar-refractivity contribution in [2.45, 2.75) is 22.8 Å². The quantitative estimate of drug-likeness (QED) is 0.782. The summed E-state index contributed by atoms with van der Waals surface area (Å²) in [6, 6.07) is 3.55. The third-order valence-corrected chi connectivity index (χ3v) is 10.4. The number of anilines is 1. The summed E-state index contributed by atoms with van der Waals surface area (Å²) in [5.74, 6) is -0.574. The van der Waals surface area contributed by atoms with E-state index in [0.29, 0.717) is 0 Å². The minimum Gasteiger partial charge on any atom is -0.302 e. The van der Waals surface area contributed by atoms with Crippen molar-refractivity contribution in [2.24, 2.45) is 0 Å². The number of sulfonamides is 1. The Morgan fingerprint density at radius 3 is 2.81 bits per heavy atom. The molecule has 12 heteroatoms. The Hall–Kier alpha value is -1.34. The van der Waals surface area contributed by atoms with E-state index in [1.165, 1.54) is 28.8 Å². The molecule has 0 aliphatic carbocycles. The van der Waals surface area contributed by atoms with E-state index in [2.05, 4.69) is 10.3 Å². The van der Waals surface area contributed by atoms with E-state index in [-0.39, 0.29) is 40.5 Å². The van der Waals surface area contributed by atoms with Gasteiger partial charge < -0.3 is 5.32 Å². The number of hydrogen-bond acceptors (Lipinski definition) is 8. The van der Waals surface area contributed by atoms with Gasteiger partial charge in [-0.1, -0.05) is 17.4 Å². The third-order valence-electron chi connectivity index (χ3n) is 3.92. The Kier molecular flexibility index (Phi) is 5.49. The van der Waals surface area contributed by atoms with Gasteiger partial charge in [-0.05, 0) is 17.9 Å². The highest BCUT2D eigenvalue weighted by Crippen LogP contribution is 2.34. The van der Waals surface area contributed by atoms with Crippen LogP contribution in [-0.2, 0) is 24.7 Å². The number of nitrogens with zero attached hydrogens (tertiary/aromatic N) is 2. The van der Waals surface area contributed by atoms with Crippen LogP contribution in [-0.4, -0.2) is 50.9 Å². The molecular weight excluding hydrogens is 418 g/mol. The Morgan fingerprint density at radius 2 is 2.15 bits per heavy atom. The van der Waals surface area contributed by atoms with Crippen LogP contribution in [0.5, 0.6) is 0 Å². The van der Waals surface area contributed by atoms with Crippen LogP contribution in [0.15, 0.2) is 27.9 Å². The van der Waals surface area contributed by atoms with Crippen molar-refractivity contribution < 1.29 is 21.6 Å². The summed E-state index contributed by atoms with van der Waals surface area (Å²) in [6.07, 6.45) is 1.39. The second-order valence-electron chi connectivity index (χ2n) is 5.73. The normalized spacial score (nSPS) is 21.2. The zero-order valence-electron chi connectivity index (χ0n) is 13.8. The lowest BCUT2D eigenvalue weighted by Crippen LogP contribution is -2.33. The lowest BCUT2D eigenvalue weighted by Gasteiger charge is -2.18. The van der Waals surface area contributed by atoms with Crippen LogP contribution in [0, 0.1) is 0 Å². The van der Waals surface area contributed by atoms with Gasteiger partial charge in [0, 0.05) is 24.9 Å². The fourth-order valence-corrected chi connectivity index (χ4v) is 8.48. The van der Waals surface area contributed by atoms with Crippen molar-refractivity contribution in [3.05, 3.63) is 28.6 Å². The molecule has 26 heavy (non-hydrogen) atoms. The van der Waals surface area contributed by atoms with E-state index >= 15 is 0 Å². The maximum absolute atomic E-state index is 12.8. The maximum Gasteiger partial charge on any atom is 0.254 e. The van der Waals surface area contributed by atoms with Crippen molar-refractivity contribution in [1.29, 1.82) is 0 Å². The topological polar surface area (TPSA) is 114 Å². The van der Waals surface area contributed by atoms with Crippen LogP contribution in [0.4, 0.5) is 5.13 Å². The average molecular weight is 436 g/mol. The molecule has 1 saturated heterocycles. The minimum absolute atomic E-state index is 0.0202. The molecule has 0 saturated carbocycles. The molecule has 0 radical (unpaired) electrons. The maximum atomic E-state index is 12.8. The SMILES string of the molecule is CC(=O)Nc1ncc(S(=O)(=O)N2CC[C@H](c3cccs3)S(=O)(=O)CC2)s1. The van der Waals surface area contributed by atoms with Crippen LogP contribution in [0.3, 0.4) is 0 Å². The Balaban J connectivity index is 1.83. The first-order valence-corrected chi connectivity index (χ1v) is 12.5. The highest BCUT2D eigenvalue weighted by atomic mass is 32.2. The number of nitrogens with one attached hydrogen (secondary N) is 1. The molecule has 0 aromatic carbocycles. The van der Waals surface area contributed by atoms with Crippen molar-refractivity contribution in [3.63, 3.8) is 0 Å². The van der Waals surface area contributed by atoms with Gasteiger partial charge in [-0.3, -0.25) is 4.79 Å². The first-order chi connectivity index (χ1) is 12.2. The number of thiophene rings is 1. The highest BCUT2D eigenvalue weighted by Gasteiger charge is 2.36. The van der Waals surface area contributed by atoms with E-state index < -0.39 is 25.1 Å². The number of carbonyl (C=O) groups is 1. The predicted molar refractivity (Wildman–Crippen MR) is 101 cm³/mol. The van der Waals surface area contributed by atoms with Crippen LogP contribution >= 0.6 is 22.7 Å². The molecule has 1 N–H and O–H groups in total. The largest absolute Gasteiger partial charge is 0.302 e. The lowest BCUT2D eigenvalue weighted by atomic mass is 10.2. The minimum atomic E-state index is -3.87. The number of hydrogen-bond donors (Lipinski definition) is 1. The molecule has 3 rings (SSSR count). The van der Waals surface area contributed by atoms with Gasteiger partial charge in [0.05, 0.1) is 17.2 Å². The van der Waals surface area contributed by atoms with E-state index in [0.717, 1.165) is 16.2 Å². The van der Waals surface area contributed by atoms with Gasteiger partial charge in [0.25, 0.3) is 10.0 Å². The Labute approximate surface area is 159 Å². The summed E-state index contributed by atoms with van der Waals surface area (Å²) >= 11 is 2.21. The van der Waals surface area contributed by atoms with Crippen LogP contribution < -0.4 is 5.32 Å². The van der Waals surface area contributed by atoms with Crippen molar-refractivity contribution >= 4 is 53.6 Å². The van der Waals surface area contributed by atoms with Crippen molar-refractivity contribution in [2.75, 3.05) is 24.2 Å². The molecule has 1 aliphatic heterocycles. The molecule has 2 aromatic heterocycles. The van der Waals surface area contributed by atoms with E-state index in [9.17, 15) is 21.6 Å². The van der Waals surface area contributed by atoms with Gasteiger partial charge in [0.1, 0.15) is 0 Å². The summed E-state index contributed by atoms with van der Waals surface area (Å²) in [4.78, 5) is 15.7. The fraction of sp³-hybridized carbons (Fsp3) is 0.429. The Morgan fingerprint density at radius 1 is 1.38 bits per heavy atom. The first-order valence-electron chi connectivity index (χ1n) is 7.69. The second-order valence-corrected chi connectivity index (χ2v) is 12.2. The summed E-state index contributed by atoms with van der Waals surface area (Å²) < 4.78 is 52.0. The van der Waals surface area contributed by atoms with E-state index in [4.69, 9.17) is 0 Å². The van der Waals surface area contributed by atoms with E-state index in [1.54, 1.807) is 12.1 Å². The average Bonchev–Trinajstić information content (AvgIpc) is 3.18. The van der Waals surface area contributed by atoms with Gasteiger partial charge >= 0.3 is 0 Å². The third kappa shape index (κ3) is 3.98. The molecule has 8 nitrogen and oxygen atoms in total. The first kappa shape index (κ1) is 19.4. The smallest absolute Gasteiger partial charge is 0.254 e. The molecule has 3 heterocycles. The summed E-state index contributed by atoms with van der Waals surface area (Å²) in [5, 5.41) is 3.76. The Bertz CT molecular complexity index is 995. The number of thiazole rings is 1. The molecule has 1 amide bonds. The highest BCUT2D eigenvalue weighted by molar-refractivity contribution is 7.92. The van der Waals surface area contributed by atoms with Gasteiger partial charge in [0.15, 0.2) is 19.2 Å². The fourth-order valence-electron chi connectivity index (χ4n) is 2.67. The summed E-state index contributed by atoms with van der Waals surface area (Å²) in [7, 11) is -7.30. The standard InChI is InChI=1S/C14H17N3O5S4/c1-10(18)16-14-15-9-13(24-14)26(21,22)17-5-4-12(11-3-2-7-23-11)25(19,20)8-6-17/h2-3,7,9,12H,4-6,8H2,1H3,(H,15,16,18)/t12-/m1/s1. The zero-order chi connectivity index (χ0) is 18.9. The molecule has 2 aromatic rings. The number of carbonyl (C=O) groups excluding carboxylic acids is 1. The number of aromatic nitrogens is 1. The number of sulfone groups is 1. The van der Waals surface area contributed by atoms with Gasteiger partial charge in [-0.2, -0.15) is 4.31 Å². The molecule has 0 spiro atoms. The lowest BCUT2D eigenvalue weighted by molar-refractivity contribution is -0.114. The van der Waals surface area contributed by atoms with Crippen molar-refractivity contribution in [3.8, 4) is 0 Å².